The van der Waals surface area contributed by atoms with Crippen molar-refractivity contribution >= 4 is 23.6 Å². The van der Waals surface area contributed by atoms with Crippen LogP contribution in [0.5, 0.6) is 0 Å². The lowest BCUT2D eigenvalue weighted by atomic mass is 9.85. The predicted molar refractivity (Wildman–Crippen MR) is 144 cm³/mol. The smallest absolute Gasteiger partial charge is 0.405 e. The molecular formula is C28H39N3O8. The van der Waals surface area contributed by atoms with Crippen LogP contribution in [0.4, 0.5) is 4.79 Å². The van der Waals surface area contributed by atoms with Gasteiger partial charge in [0.2, 0.25) is 11.6 Å². The third-order valence-corrected chi connectivity index (χ3v) is 6.84. The second-order valence-electron chi connectivity index (χ2n) is 9.97. The van der Waals surface area contributed by atoms with Gasteiger partial charge >= 0.3 is 6.09 Å². The fourth-order valence-electron chi connectivity index (χ4n) is 4.61. The lowest BCUT2D eigenvalue weighted by Gasteiger charge is -2.29. The van der Waals surface area contributed by atoms with Gasteiger partial charge in [-0.1, -0.05) is 38.2 Å². The molecule has 11 nitrogen and oxygen atoms in total. The molecule has 2 bridgehead atoms. The van der Waals surface area contributed by atoms with Crippen molar-refractivity contribution in [2.75, 3.05) is 14.2 Å². The first kappa shape index (κ1) is 31.7. The van der Waals surface area contributed by atoms with Crippen molar-refractivity contribution in [3.63, 3.8) is 0 Å². The van der Waals surface area contributed by atoms with Crippen LogP contribution in [-0.4, -0.2) is 67.3 Å². The fraction of sp³-hybridized carbons (Fsp3) is 0.500. The molecule has 0 unspecified atom stereocenters. The van der Waals surface area contributed by atoms with Crippen molar-refractivity contribution in [1.82, 2.24) is 5.32 Å². The number of carbonyl (C=O) groups excluding carboxylic acids is 4. The van der Waals surface area contributed by atoms with Crippen molar-refractivity contribution in [1.29, 1.82) is 0 Å². The SMILES string of the molecule is CO[C@H]1C=CC=C(C)C(=O)NC2=CC(=O)C(N)=C(C[C@@H](C)C[C@@H](OC)[C@@H](O)[C@@H](C)C=C(C)[C@@H]1OC(N)=O)C2=O. The molecule has 2 rings (SSSR count). The highest BCUT2D eigenvalue weighted by Crippen LogP contribution is 2.28. The van der Waals surface area contributed by atoms with Gasteiger partial charge in [0.1, 0.15) is 6.10 Å². The number of amides is 2. The number of carbonyl (C=O) groups is 4. The summed E-state index contributed by atoms with van der Waals surface area (Å²) in [6, 6.07) is 0. The van der Waals surface area contributed by atoms with Crippen molar-refractivity contribution in [2.24, 2.45) is 23.3 Å². The number of hydrogen-bond donors (Lipinski definition) is 4. The number of nitrogens with two attached hydrogens (primary N) is 2. The molecule has 214 valence electrons. The second-order valence-corrected chi connectivity index (χ2v) is 9.97. The molecule has 1 heterocycles. The van der Waals surface area contributed by atoms with Gasteiger partial charge in [0, 0.05) is 37.4 Å². The van der Waals surface area contributed by atoms with E-state index in [1.54, 1.807) is 26.0 Å². The Bertz CT molecular complexity index is 1130. The summed E-state index contributed by atoms with van der Waals surface area (Å²) in [6.45, 7) is 6.89. The highest BCUT2D eigenvalue weighted by Gasteiger charge is 2.32. The van der Waals surface area contributed by atoms with Crippen molar-refractivity contribution in [3.8, 4) is 0 Å². The average Bonchev–Trinajstić information content (AvgIpc) is 2.88. The summed E-state index contributed by atoms with van der Waals surface area (Å²) in [7, 11) is 2.90. The Kier molecular flexibility index (Phi) is 11.4. The van der Waals surface area contributed by atoms with Gasteiger partial charge in [-0.25, -0.2) is 4.79 Å². The van der Waals surface area contributed by atoms with E-state index in [4.69, 9.17) is 25.7 Å². The van der Waals surface area contributed by atoms with Crippen LogP contribution in [0, 0.1) is 11.8 Å². The molecule has 0 aromatic heterocycles. The zero-order valence-electron chi connectivity index (χ0n) is 23.2. The van der Waals surface area contributed by atoms with E-state index >= 15 is 0 Å². The van der Waals surface area contributed by atoms with Gasteiger partial charge in [-0.15, -0.1) is 0 Å². The van der Waals surface area contributed by atoms with E-state index in [9.17, 15) is 24.3 Å². The predicted octanol–water partition coefficient (Wildman–Crippen LogP) is 1.72. The third kappa shape index (κ3) is 8.22. The quantitative estimate of drug-likeness (QED) is 0.303. The van der Waals surface area contributed by atoms with Crippen molar-refractivity contribution in [2.45, 2.75) is 65.0 Å². The lowest BCUT2D eigenvalue weighted by molar-refractivity contribution is -0.120. The molecule has 0 aromatic rings. The first-order valence-corrected chi connectivity index (χ1v) is 12.6. The van der Waals surface area contributed by atoms with E-state index < -0.39 is 53.9 Å². The van der Waals surface area contributed by atoms with Gasteiger partial charge in [0.25, 0.3) is 5.91 Å². The van der Waals surface area contributed by atoms with Gasteiger partial charge in [-0.05, 0) is 38.2 Å². The number of ether oxygens (including phenoxy) is 3. The van der Waals surface area contributed by atoms with E-state index in [0.717, 1.165) is 6.08 Å². The first-order valence-electron chi connectivity index (χ1n) is 12.6. The van der Waals surface area contributed by atoms with Gasteiger partial charge in [0.05, 0.1) is 23.6 Å². The van der Waals surface area contributed by atoms with Crippen molar-refractivity contribution < 1.29 is 38.5 Å². The Morgan fingerprint density at radius 2 is 1.79 bits per heavy atom. The molecule has 39 heavy (non-hydrogen) atoms. The van der Waals surface area contributed by atoms with Gasteiger partial charge < -0.3 is 36.1 Å². The molecule has 2 amide bonds. The number of methoxy groups -OCH3 is 2. The number of hydrogen-bond acceptors (Lipinski definition) is 9. The average molecular weight is 546 g/mol. The topological polar surface area (TPSA) is 180 Å². The monoisotopic (exact) mass is 545 g/mol. The number of aliphatic hydroxyl groups is 1. The molecular weight excluding hydrogens is 506 g/mol. The van der Waals surface area contributed by atoms with Crippen LogP contribution in [0.3, 0.4) is 0 Å². The summed E-state index contributed by atoms with van der Waals surface area (Å²) in [5, 5.41) is 13.6. The molecule has 1 aliphatic heterocycles. The van der Waals surface area contributed by atoms with Crippen LogP contribution in [0.2, 0.25) is 0 Å². The first-order chi connectivity index (χ1) is 18.3. The maximum absolute atomic E-state index is 13.2. The van der Waals surface area contributed by atoms with Crippen LogP contribution in [-0.2, 0) is 28.6 Å². The normalized spacial score (nSPS) is 29.8. The summed E-state index contributed by atoms with van der Waals surface area (Å²) in [6.07, 6.45) is 3.55. The zero-order chi connectivity index (χ0) is 29.4. The molecule has 0 saturated heterocycles. The number of aliphatic hydroxyl groups excluding tert-OH is 1. The molecule has 6 N–H and O–H groups in total. The third-order valence-electron chi connectivity index (χ3n) is 6.84. The summed E-state index contributed by atoms with van der Waals surface area (Å²) >= 11 is 0. The van der Waals surface area contributed by atoms with Gasteiger partial charge in [0.15, 0.2) is 6.10 Å². The van der Waals surface area contributed by atoms with Crippen LogP contribution in [0.1, 0.15) is 40.5 Å². The molecule has 0 radical (unpaired) electrons. The van der Waals surface area contributed by atoms with Crippen LogP contribution < -0.4 is 16.8 Å². The molecule has 11 heteroatoms. The number of allylic oxidation sites excluding steroid dienone is 4. The number of ketones is 2. The summed E-state index contributed by atoms with van der Waals surface area (Å²) in [5.74, 6) is -2.37. The Morgan fingerprint density at radius 3 is 2.38 bits per heavy atom. The van der Waals surface area contributed by atoms with Crippen LogP contribution in [0.15, 0.2) is 58.5 Å². The Morgan fingerprint density at radius 1 is 1.13 bits per heavy atom. The molecule has 1 aliphatic carbocycles. The second kappa shape index (κ2) is 14.0. The molecule has 0 saturated carbocycles. The van der Waals surface area contributed by atoms with Crippen LogP contribution >= 0.6 is 0 Å². The number of primary amides is 1. The summed E-state index contributed by atoms with van der Waals surface area (Å²) < 4.78 is 16.4. The van der Waals surface area contributed by atoms with Gasteiger partial charge in [-0.2, -0.15) is 0 Å². The zero-order valence-corrected chi connectivity index (χ0v) is 23.2. The van der Waals surface area contributed by atoms with E-state index in [0.29, 0.717) is 12.0 Å². The molecule has 0 spiro atoms. The molecule has 2 aliphatic rings. The van der Waals surface area contributed by atoms with Gasteiger partial charge in [-0.3, -0.25) is 14.4 Å². The highest BCUT2D eigenvalue weighted by molar-refractivity contribution is 6.23. The minimum absolute atomic E-state index is 0.104. The maximum atomic E-state index is 13.2. The Labute approximate surface area is 228 Å². The van der Waals surface area contributed by atoms with E-state index in [1.165, 1.54) is 33.3 Å². The van der Waals surface area contributed by atoms with Crippen LogP contribution in [0.25, 0.3) is 0 Å². The molecule has 0 aromatic carbocycles. The standard InChI is InChI=1S/C28H39N3O8/c1-14-10-18-23(29)20(32)13-19(25(18)34)31-27(35)15(2)8-7-9-21(37-5)26(39-28(30)36)17(4)12-16(3)24(33)22(11-14)38-6/h7-9,12-14,16,21-22,24,26,33H,10-11,29H2,1-6H3,(H2,30,36)(H,31,35)/t14-,16+,21+,22-,24+,26+/m1/s1. The lowest BCUT2D eigenvalue weighted by Crippen LogP contribution is -2.37. The van der Waals surface area contributed by atoms with E-state index in [-0.39, 0.29) is 34.9 Å². The summed E-state index contributed by atoms with van der Waals surface area (Å²) in [5.41, 5.74) is 11.9. The maximum Gasteiger partial charge on any atom is 0.405 e. The summed E-state index contributed by atoms with van der Waals surface area (Å²) in [4.78, 5) is 50.1. The minimum atomic E-state index is -1.00. The largest absolute Gasteiger partial charge is 0.439 e. The molecule has 0 fully saturated rings. The minimum Gasteiger partial charge on any atom is -0.439 e. The fourth-order valence-corrected chi connectivity index (χ4v) is 4.61. The Hall–Kier alpha value is -3.54. The number of fused-ring (bicyclic) bond motifs is 2. The molecule has 6 atom stereocenters. The Balaban J connectivity index is 2.58. The number of nitrogens with one attached hydrogen (secondary N) is 1. The highest BCUT2D eigenvalue weighted by atomic mass is 16.6. The van der Waals surface area contributed by atoms with E-state index in [1.807, 2.05) is 6.92 Å². The number of rotatable bonds is 3. The van der Waals surface area contributed by atoms with Crippen molar-refractivity contribution in [3.05, 3.63) is 58.5 Å². The van der Waals surface area contributed by atoms with E-state index in [2.05, 4.69) is 5.32 Å². The number of Topliss-reactive ketones (excluding diaryl/α,β-unsaturated/α-hetero) is 1.